The van der Waals surface area contributed by atoms with Gasteiger partial charge in [0.1, 0.15) is 0 Å². The average molecular weight is 427 g/mol. The minimum Gasteiger partial charge on any atom is -0.388 e. The number of nitrogens with zero attached hydrogens (tertiary/aromatic N) is 1. The zero-order valence-electron chi connectivity index (χ0n) is 17.6. The van der Waals surface area contributed by atoms with Gasteiger partial charge in [-0.2, -0.15) is 0 Å². The van der Waals surface area contributed by atoms with Gasteiger partial charge < -0.3 is 5.11 Å². The summed E-state index contributed by atoms with van der Waals surface area (Å²) in [5.74, 6) is 1.15. The number of β-amino-alcohol motifs (C(OH)–C–C–N with tert-alkyl or cyclic N) is 1. The summed E-state index contributed by atoms with van der Waals surface area (Å²) in [6, 6.07) is 16.3. The molecule has 0 amide bonds. The van der Waals surface area contributed by atoms with Gasteiger partial charge in [-0.25, -0.2) is 8.42 Å². The lowest BCUT2D eigenvalue weighted by atomic mass is 9.87. The third kappa shape index (κ3) is 3.35. The van der Waals surface area contributed by atoms with Crippen molar-refractivity contribution in [2.75, 3.05) is 30.6 Å². The van der Waals surface area contributed by atoms with E-state index in [9.17, 15) is 13.5 Å². The Labute approximate surface area is 179 Å². The van der Waals surface area contributed by atoms with Crippen molar-refractivity contribution in [1.82, 2.24) is 4.90 Å². The molecule has 30 heavy (non-hydrogen) atoms. The van der Waals surface area contributed by atoms with Crippen molar-refractivity contribution in [3.63, 3.8) is 0 Å². The lowest BCUT2D eigenvalue weighted by molar-refractivity contribution is 0.0139. The Balaban J connectivity index is 1.28. The van der Waals surface area contributed by atoms with Crippen LogP contribution < -0.4 is 4.72 Å². The van der Waals surface area contributed by atoms with Gasteiger partial charge >= 0.3 is 0 Å². The Kier molecular flexibility index (Phi) is 4.55. The van der Waals surface area contributed by atoms with E-state index in [-0.39, 0.29) is 5.41 Å². The second kappa shape index (κ2) is 6.81. The molecule has 1 saturated carbocycles. The molecule has 0 spiro atoms. The SMILES string of the molecule is CCC1(c2cccc(NS(C)(=O)=O)c2)[C@@H]2CN(CC3(O)Cc4ccccc4C3)C[C@@H]21. The summed E-state index contributed by atoms with van der Waals surface area (Å²) in [5, 5.41) is 11.2. The predicted octanol–water partition coefficient (Wildman–Crippen LogP) is 2.80. The van der Waals surface area contributed by atoms with Crippen LogP contribution in [0, 0.1) is 11.8 Å². The lowest BCUT2D eigenvalue weighted by Crippen LogP contribution is -2.45. The van der Waals surface area contributed by atoms with E-state index >= 15 is 0 Å². The van der Waals surface area contributed by atoms with Crippen molar-refractivity contribution in [1.29, 1.82) is 0 Å². The molecule has 0 aromatic heterocycles. The van der Waals surface area contributed by atoms with Crippen LogP contribution in [-0.4, -0.2) is 49.9 Å². The molecular formula is C24H30N2O3S. The number of hydrogen-bond donors (Lipinski definition) is 2. The third-order valence-corrected chi connectivity index (χ3v) is 8.18. The maximum Gasteiger partial charge on any atom is 0.229 e. The van der Waals surface area contributed by atoms with E-state index in [0.717, 1.165) is 38.9 Å². The van der Waals surface area contributed by atoms with Crippen LogP contribution in [0.1, 0.15) is 30.0 Å². The Hall–Kier alpha value is -1.89. The predicted molar refractivity (Wildman–Crippen MR) is 119 cm³/mol. The standard InChI is InChI=1S/C24H30N2O3S/c1-3-24(19-9-6-10-20(11-19)25-30(2,28)29)21-14-26(15-22(21)24)16-23(27)12-17-7-4-5-8-18(17)13-23/h4-11,21-22,25,27H,3,12-16H2,1-2H3/t21-,22+,24?. The number of aliphatic hydroxyl groups is 1. The second-order valence-electron chi connectivity index (χ2n) is 9.60. The largest absolute Gasteiger partial charge is 0.388 e. The molecule has 2 fully saturated rings. The van der Waals surface area contributed by atoms with Crippen LogP contribution in [0.3, 0.4) is 0 Å². The van der Waals surface area contributed by atoms with Gasteiger partial charge in [-0.1, -0.05) is 43.3 Å². The van der Waals surface area contributed by atoms with Crippen LogP contribution >= 0.6 is 0 Å². The summed E-state index contributed by atoms with van der Waals surface area (Å²) in [6.45, 7) is 4.96. The van der Waals surface area contributed by atoms with Gasteiger partial charge in [-0.15, -0.1) is 0 Å². The Morgan fingerprint density at radius 1 is 1.07 bits per heavy atom. The molecule has 0 bridgehead atoms. The smallest absolute Gasteiger partial charge is 0.229 e. The molecule has 6 heteroatoms. The van der Waals surface area contributed by atoms with Gasteiger partial charge in [0.05, 0.1) is 11.9 Å². The van der Waals surface area contributed by atoms with Gasteiger partial charge in [0, 0.05) is 43.6 Å². The van der Waals surface area contributed by atoms with Gasteiger partial charge in [0.25, 0.3) is 0 Å². The van der Waals surface area contributed by atoms with Crippen molar-refractivity contribution < 1.29 is 13.5 Å². The Bertz CT molecular complexity index is 1040. The number of likely N-dealkylation sites (tertiary alicyclic amines) is 1. The first kappa shape index (κ1) is 20.0. The maximum atomic E-state index is 11.6. The number of hydrogen-bond acceptors (Lipinski definition) is 4. The van der Waals surface area contributed by atoms with E-state index in [1.165, 1.54) is 22.9 Å². The third-order valence-electron chi connectivity index (χ3n) is 7.57. The molecule has 5 rings (SSSR count). The fourth-order valence-electron chi connectivity index (χ4n) is 6.39. The molecular weight excluding hydrogens is 396 g/mol. The second-order valence-corrected chi connectivity index (χ2v) is 11.4. The fraction of sp³-hybridized carbons (Fsp3) is 0.500. The van der Waals surface area contributed by atoms with Crippen molar-refractivity contribution in [2.45, 2.75) is 37.2 Å². The van der Waals surface area contributed by atoms with Crippen molar-refractivity contribution in [3.05, 3.63) is 65.2 Å². The molecule has 2 aromatic rings. The molecule has 3 atom stereocenters. The molecule has 0 radical (unpaired) electrons. The van der Waals surface area contributed by atoms with E-state index in [1.54, 1.807) is 0 Å². The minimum absolute atomic E-state index is 0.132. The molecule has 1 saturated heterocycles. The van der Waals surface area contributed by atoms with Gasteiger partial charge in [-0.05, 0) is 47.1 Å². The summed E-state index contributed by atoms with van der Waals surface area (Å²) < 4.78 is 25.9. The molecule has 1 aliphatic heterocycles. The summed E-state index contributed by atoms with van der Waals surface area (Å²) in [7, 11) is -3.28. The lowest BCUT2D eigenvalue weighted by Gasteiger charge is -2.32. The van der Waals surface area contributed by atoms with E-state index < -0.39 is 15.6 Å². The summed E-state index contributed by atoms with van der Waals surface area (Å²) in [5.41, 5.74) is 3.91. The highest BCUT2D eigenvalue weighted by Gasteiger charge is 2.67. The molecule has 2 aromatic carbocycles. The zero-order valence-corrected chi connectivity index (χ0v) is 18.5. The normalized spacial score (nSPS) is 29.4. The summed E-state index contributed by atoms with van der Waals surface area (Å²) >= 11 is 0. The number of piperidine rings is 1. The van der Waals surface area contributed by atoms with Crippen molar-refractivity contribution in [2.24, 2.45) is 11.8 Å². The average Bonchev–Trinajstić information content (AvgIpc) is 2.95. The molecule has 2 aliphatic carbocycles. The summed E-state index contributed by atoms with van der Waals surface area (Å²) in [4.78, 5) is 2.44. The van der Waals surface area contributed by atoms with Gasteiger partial charge in [0.15, 0.2) is 0 Å². The van der Waals surface area contributed by atoms with E-state index in [0.29, 0.717) is 17.5 Å². The van der Waals surface area contributed by atoms with E-state index in [1.807, 2.05) is 18.2 Å². The number of fused-ring (bicyclic) bond motifs is 2. The van der Waals surface area contributed by atoms with E-state index in [4.69, 9.17) is 0 Å². The zero-order chi connectivity index (χ0) is 21.1. The van der Waals surface area contributed by atoms with Crippen LogP contribution in [-0.2, 0) is 28.3 Å². The number of benzene rings is 2. The van der Waals surface area contributed by atoms with E-state index in [2.05, 4.69) is 46.9 Å². The molecule has 1 heterocycles. The Morgan fingerprint density at radius 3 is 2.27 bits per heavy atom. The molecule has 5 nitrogen and oxygen atoms in total. The molecule has 1 unspecified atom stereocenters. The van der Waals surface area contributed by atoms with Gasteiger partial charge in [-0.3, -0.25) is 9.62 Å². The number of anilines is 1. The van der Waals surface area contributed by atoms with Crippen LogP contribution in [0.4, 0.5) is 5.69 Å². The van der Waals surface area contributed by atoms with Crippen LogP contribution in [0.2, 0.25) is 0 Å². The fourth-order valence-corrected chi connectivity index (χ4v) is 6.94. The highest BCUT2D eigenvalue weighted by atomic mass is 32.2. The molecule has 160 valence electrons. The number of nitrogens with one attached hydrogen (secondary N) is 1. The van der Waals surface area contributed by atoms with Crippen LogP contribution in [0.5, 0.6) is 0 Å². The van der Waals surface area contributed by atoms with Crippen molar-refractivity contribution >= 4 is 15.7 Å². The van der Waals surface area contributed by atoms with Crippen LogP contribution in [0.25, 0.3) is 0 Å². The highest BCUT2D eigenvalue weighted by Crippen LogP contribution is 2.65. The molecule has 2 N–H and O–H groups in total. The van der Waals surface area contributed by atoms with Crippen molar-refractivity contribution in [3.8, 4) is 0 Å². The maximum absolute atomic E-state index is 11.6. The number of sulfonamides is 1. The number of rotatable bonds is 6. The topological polar surface area (TPSA) is 69.6 Å². The highest BCUT2D eigenvalue weighted by molar-refractivity contribution is 7.92. The summed E-state index contributed by atoms with van der Waals surface area (Å²) in [6.07, 6.45) is 3.72. The molecule has 3 aliphatic rings. The monoisotopic (exact) mass is 426 g/mol. The first-order chi connectivity index (χ1) is 14.2. The minimum atomic E-state index is -3.28. The Morgan fingerprint density at radius 2 is 1.70 bits per heavy atom. The van der Waals surface area contributed by atoms with Gasteiger partial charge in [0.2, 0.25) is 10.0 Å². The first-order valence-corrected chi connectivity index (χ1v) is 12.7. The first-order valence-electron chi connectivity index (χ1n) is 10.8. The van der Waals surface area contributed by atoms with Crippen LogP contribution in [0.15, 0.2) is 48.5 Å². The quantitative estimate of drug-likeness (QED) is 0.745.